The quantitative estimate of drug-likeness (QED) is 0.761. The van der Waals surface area contributed by atoms with E-state index in [1.165, 1.54) is 6.07 Å². The van der Waals surface area contributed by atoms with E-state index in [2.05, 4.69) is 13.2 Å². The minimum absolute atomic E-state index is 0.222. The Labute approximate surface area is 135 Å². The van der Waals surface area contributed by atoms with Crippen LogP contribution in [0.4, 0.5) is 0 Å². The van der Waals surface area contributed by atoms with Gasteiger partial charge < -0.3 is 14.1 Å². The Balaban J connectivity index is 2.43. The molecule has 0 aromatic carbocycles. The summed E-state index contributed by atoms with van der Waals surface area (Å²) in [6, 6.07) is 5.12. The Hall–Kier alpha value is -2.53. The highest BCUT2D eigenvalue weighted by atomic mass is 16.3. The second kappa shape index (κ2) is 7.65. The maximum atomic E-state index is 12.0. The molecule has 0 bridgehead atoms. The monoisotopic (exact) mass is 314 g/mol. The third kappa shape index (κ3) is 4.02. The number of hydrogen-bond donors (Lipinski definition) is 1. The summed E-state index contributed by atoms with van der Waals surface area (Å²) in [6.45, 7) is 11.5. The van der Waals surface area contributed by atoms with E-state index < -0.39 is 0 Å². The fraction of sp³-hybridized carbons (Fsp3) is 0.278. The fourth-order valence-electron chi connectivity index (χ4n) is 2.54. The molecule has 1 N–H and O–H groups in total. The van der Waals surface area contributed by atoms with E-state index in [-0.39, 0.29) is 11.2 Å². The van der Waals surface area contributed by atoms with Crippen molar-refractivity contribution in [3.05, 3.63) is 77.1 Å². The highest BCUT2D eigenvalue weighted by Gasteiger charge is 2.16. The Kier molecular flexibility index (Phi) is 5.60. The van der Waals surface area contributed by atoms with E-state index in [1.54, 1.807) is 18.4 Å². The second-order valence-corrected chi connectivity index (χ2v) is 5.38. The van der Waals surface area contributed by atoms with E-state index in [1.807, 2.05) is 28.5 Å². The minimum Gasteiger partial charge on any atom is -0.503 e. The van der Waals surface area contributed by atoms with Crippen LogP contribution in [0, 0.1) is 6.92 Å². The molecule has 0 aliphatic heterocycles. The summed E-state index contributed by atoms with van der Waals surface area (Å²) in [6.07, 6.45) is 5.17. The molecule has 23 heavy (non-hydrogen) atoms. The summed E-state index contributed by atoms with van der Waals surface area (Å²) in [5.41, 5.74) is 0.969. The third-order valence-electron chi connectivity index (χ3n) is 3.64. The molecular weight excluding hydrogens is 292 g/mol. The van der Waals surface area contributed by atoms with Crippen molar-refractivity contribution in [2.24, 2.45) is 0 Å². The Bertz CT molecular complexity index is 719. The molecule has 2 rings (SSSR count). The lowest BCUT2D eigenvalue weighted by atomic mass is 10.2. The summed E-state index contributed by atoms with van der Waals surface area (Å²) in [5, 5.41) is 10.3. The Morgan fingerprint density at radius 3 is 2.61 bits per heavy atom. The van der Waals surface area contributed by atoms with Crippen LogP contribution in [0.3, 0.4) is 0 Å². The molecule has 0 unspecified atom stereocenters. The molecule has 5 heteroatoms. The largest absolute Gasteiger partial charge is 0.503 e. The van der Waals surface area contributed by atoms with Gasteiger partial charge in [-0.05, 0) is 19.1 Å². The molecule has 0 amide bonds. The SMILES string of the molecule is C=CCN(CC=C)Cc1c(O)c(=O)cc(C)n1Cc1ccco1. The smallest absolute Gasteiger partial charge is 0.223 e. The van der Waals surface area contributed by atoms with Gasteiger partial charge in [-0.3, -0.25) is 9.69 Å². The van der Waals surface area contributed by atoms with Gasteiger partial charge in [0.1, 0.15) is 5.76 Å². The van der Waals surface area contributed by atoms with E-state index in [9.17, 15) is 9.90 Å². The highest BCUT2D eigenvalue weighted by molar-refractivity contribution is 5.30. The fourth-order valence-corrected chi connectivity index (χ4v) is 2.54. The van der Waals surface area contributed by atoms with Gasteiger partial charge in [0.05, 0.1) is 18.5 Å². The number of aryl methyl sites for hydroxylation is 1. The molecule has 0 radical (unpaired) electrons. The highest BCUT2D eigenvalue weighted by Crippen LogP contribution is 2.19. The van der Waals surface area contributed by atoms with Gasteiger partial charge >= 0.3 is 0 Å². The first-order valence-electron chi connectivity index (χ1n) is 7.45. The molecule has 0 aliphatic carbocycles. The number of aromatic nitrogens is 1. The average Bonchev–Trinajstić information content (AvgIpc) is 3.02. The van der Waals surface area contributed by atoms with Crippen molar-refractivity contribution in [3.8, 4) is 5.75 Å². The zero-order valence-electron chi connectivity index (χ0n) is 13.4. The van der Waals surface area contributed by atoms with Crippen molar-refractivity contribution in [1.82, 2.24) is 9.47 Å². The normalized spacial score (nSPS) is 10.9. The molecule has 0 atom stereocenters. The average molecular weight is 314 g/mol. The van der Waals surface area contributed by atoms with Gasteiger partial charge in [0.2, 0.25) is 5.43 Å². The molecule has 122 valence electrons. The first-order chi connectivity index (χ1) is 11.1. The van der Waals surface area contributed by atoms with Gasteiger partial charge in [-0.15, -0.1) is 13.2 Å². The summed E-state index contributed by atoms with van der Waals surface area (Å²) >= 11 is 0. The van der Waals surface area contributed by atoms with E-state index in [4.69, 9.17) is 4.42 Å². The van der Waals surface area contributed by atoms with Crippen molar-refractivity contribution in [1.29, 1.82) is 0 Å². The van der Waals surface area contributed by atoms with E-state index >= 15 is 0 Å². The maximum absolute atomic E-state index is 12.0. The van der Waals surface area contributed by atoms with Crippen LogP contribution in [-0.4, -0.2) is 27.7 Å². The molecule has 2 aromatic heterocycles. The van der Waals surface area contributed by atoms with Crippen LogP contribution in [0.1, 0.15) is 17.1 Å². The molecule has 0 fully saturated rings. The molecule has 0 spiro atoms. The van der Waals surface area contributed by atoms with E-state index in [0.29, 0.717) is 31.9 Å². The van der Waals surface area contributed by atoms with Gasteiger partial charge in [0, 0.05) is 31.4 Å². The van der Waals surface area contributed by atoms with Gasteiger partial charge in [-0.2, -0.15) is 0 Å². The van der Waals surface area contributed by atoms with Gasteiger partial charge in [0.15, 0.2) is 5.75 Å². The molecular formula is C18H22N2O3. The minimum atomic E-state index is -0.370. The van der Waals surface area contributed by atoms with Gasteiger partial charge in [-0.1, -0.05) is 12.2 Å². The first kappa shape index (κ1) is 16.8. The zero-order chi connectivity index (χ0) is 16.8. The topological polar surface area (TPSA) is 58.6 Å². The van der Waals surface area contributed by atoms with Crippen molar-refractivity contribution in [3.63, 3.8) is 0 Å². The van der Waals surface area contributed by atoms with Crippen molar-refractivity contribution in [2.45, 2.75) is 20.0 Å². The van der Waals surface area contributed by atoms with Gasteiger partial charge in [-0.25, -0.2) is 0 Å². The number of furan rings is 1. The third-order valence-corrected chi connectivity index (χ3v) is 3.64. The van der Waals surface area contributed by atoms with Crippen LogP contribution in [0.25, 0.3) is 0 Å². The number of pyridine rings is 1. The molecule has 2 aromatic rings. The van der Waals surface area contributed by atoms with Crippen LogP contribution in [-0.2, 0) is 13.1 Å². The van der Waals surface area contributed by atoms with E-state index in [0.717, 1.165) is 11.5 Å². The standard InChI is InChI=1S/C18H22N2O3/c1-4-8-19(9-5-2)13-16-18(22)17(21)11-14(3)20(16)12-15-7-6-10-23-15/h4-7,10-11,22H,1-2,8-9,12-13H2,3H3. The lowest BCUT2D eigenvalue weighted by Crippen LogP contribution is -2.27. The predicted molar refractivity (Wildman–Crippen MR) is 90.6 cm³/mol. The predicted octanol–water partition coefficient (Wildman–Crippen LogP) is 2.68. The summed E-state index contributed by atoms with van der Waals surface area (Å²) in [5.74, 6) is 0.539. The lowest BCUT2D eigenvalue weighted by Gasteiger charge is -2.23. The molecule has 0 saturated carbocycles. The van der Waals surface area contributed by atoms with Crippen LogP contribution < -0.4 is 5.43 Å². The van der Waals surface area contributed by atoms with Crippen LogP contribution in [0.15, 0.2) is 59.0 Å². The molecule has 0 saturated heterocycles. The van der Waals surface area contributed by atoms with Gasteiger partial charge in [0.25, 0.3) is 0 Å². The number of rotatable bonds is 8. The zero-order valence-corrected chi connectivity index (χ0v) is 13.4. The Morgan fingerprint density at radius 2 is 2.04 bits per heavy atom. The van der Waals surface area contributed by atoms with Crippen LogP contribution >= 0.6 is 0 Å². The number of nitrogens with zero attached hydrogens (tertiary/aromatic N) is 2. The van der Waals surface area contributed by atoms with Crippen molar-refractivity contribution < 1.29 is 9.52 Å². The second-order valence-electron chi connectivity index (χ2n) is 5.38. The maximum Gasteiger partial charge on any atom is 0.223 e. The first-order valence-corrected chi connectivity index (χ1v) is 7.45. The van der Waals surface area contributed by atoms with Crippen LogP contribution in [0.5, 0.6) is 5.75 Å². The summed E-state index contributed by atoms with van der Waals surface area (Å²) in [7, 11) is 0. The van der Waals surface area contributed by atoms with Crippen molar-refractivity contribution in [2.75, 3.05) is 13.1 Å². The summed E-state index contributed by atoms with van der Waals surface area (Å²) in [4.78, 5) is 14.0. The number of hydrogen-bond acceptors (Lipinski definition) is 4. The summed E-state index contributed by atoms with van der Waals surface area (Å²) < 4.78 is 7.29. The molecule has 2 heterocycles. The van der Waals surface area contributed by atoms with Crippen molar-refractivity contribution >= 4 is 0 Å². The Morgan fingerprint density at radius 1 is 1.35 bits per heavy atom. The lowest BCUT2D eigenvalue weighted by molar-refractivity contribution is 0.305. The molecule has 0 aliphatic rings. The van der Waals surface area contributed by atoms with Crippen LogP contribution in [0.2, 0.25) is 0 Å². The number of aromatic hydroxyl groups is 1. The molecule has 5 nitrogen and oxygen atoms in total.